The minimum atomic E-state index is -3.02. The van der Waals surface area contributed by atoms with E-state index in [2.05, 4.69) is 10.4 Å². The second kappa shape index (κ2) is 5.38. The van der Waals surface area contributed by atoms with E-state index in [1.807, 2.05) is 17.8 Å². The van der Waals surface area contributed by atoms with Gasteiger partial charge in [-0.25, -0.2) is 12.7 Å². The van der Waals surface area contributed by atoms with Crippen LogP contribution in [0.15, 0.2) is 12.3 Å². The molecule has 6 nitrogen and oxygen atoms in total. The quantitative estimate of drug-likeness (QED) is 0.833. The van der Waals surface area contributed by atoms with Crippen LogP contribution in [0.25, 0.3) is 0 Å². The molecule has 1 aromatic heterocycles. The number of piperidine rings is 1. The SMILES string of the molecule is Cn1nccc1CNC1CCN(S(C)(=O)=O)CC1. The van der Waals surface area contributed by atoms with E-state index < -0.39 is 10.0 Å². The van der Waals surface area contributed by atoms with Gasteiger partial charge in [-0.1, -0.05) is 0 Å². The molecule has 1 fully saturated rings. The van der Waals surface area contributed by atoms with E-state index >= 15 is 0 Å². The zero-order chi connectivity index (χ0) is 13.2. The summed E-state index contributed by atoms with van der Waals surface area (Å²) in [7, 11) is -1.10. The summed E-state index contributed by atoms with van der Waals surface area (Å²) in [6, 6.07) is 2.37. The standard InChI is InChI=1S/C11H20N4O2S/c1-14-11(3-6-13-14)9-12-10-4-7-15(8-5-10)18(2,16)17/h3,6,10,12H,4-5,7-9H2,1-2H3. The maximum absolute atomic E-state index is 11.4. The zero-order valence-corrected chi connectivity index (χ0v) is 11.7. The van der Waals surface area contributed by atoms with Crippen molar-refractivity contribution >= 4 is 10.0 Å². The molecule has 1 aliphatic heterocycles. The Bertz CT molecular complexity index is 489. The number of aryl methyl sites for hydroxylation is 1. The fourth-order valence-electron chi connectivity index (χ4n) is 2.22. The van der Waals surface area contributed by atoms with Gasteiger partial charge in [-0.15, -0.1) is 0 Å². The molecule has 0 amide bonds. The van der Waals surface area contributed by atoms with Crippen molar-refractivity contribution in [1.82, 2.24) is 19.4 Å². The van der Waals surface area contributed by atoms with Gasteiger partial charge in [0.15, 0.2) is 0 Å². The van der Waals surface area contributed by atoms with Crippen LogP contribution in [0.5, 0.6) is 0 Å². The first-order valence-corrected chi connectivity index (χ1v) is 7.97. The minimum Gasteiger partial charge on any atom is -0.308 e. The van der Waals surface area contributed by atoms with Crippen molar-refractivity contribution in [3.05, 3.63) is 18.0 Å². The Morgan fingerprint density at radius 1 is 1.44 bits per heavy atom. The van der Waals surface area contributed by atoms with Crippen LogP contribution in [-0.2, 0) is 23.6 Å². The number of rotatable bonds is 4. The molecule has 0 unspecified atom stereocenters. The Hall–Kier alpha value is -0.920. The number of hydrogen-bond acceptors (Lipinski definition) is 4. The highest BCUT2D eigenvalue weighted by molar-refractivity contribution is 7.88. The summed E-state index contributed by atoms with van der Waals surface area (Å²) < 4.78 is 26.1. The lowest BCUT2D eigenvalue weighted by Crippen LogP contribution is -2.44. The molecule has 7 heteroatoms. The van der Waals surface area contributed by atoms with Gasteiger partial charge in [0.25, 0.3) is 0 Å². The average molecular weight is 272 g/mol. The van der Waals surface area contributed by atoms with Gasteiger partial charge in [0.05, 0.1) is 11.9 Å². The number of hydrogen-bond donors (Lipinski definition) is 1. The van der Waals surface area contributed by atoms with Crippen LogP contribution in [0.4, 0.5) is 0 Å². The summed E-state index contributed by atoms with van der Waals surface area (Å²) in [6.45, 7) is 2.00. The van der Waals surface area contributed by atoms with Crippen molar-refractivity contribution in [2.45, 2.75) is 25.4 Å². The summed E-state index contributed by atoms with van der Waals surface area (Å²) >= 11 is 0. The number of nitrogens with one attached hydrogen (secondary N) is 1. The molecule has 2 rings (SSSR count). The van der Waals surface area contributed by atoms with Crippen molar-refractivity contribution in [3.63, 3.8) is 0 Å². The molecule has 0 aromatic carbocycles. The number of nitrogens with zero attached hydrogens (tertiary/aromatic N) is 3. The van der Waals surface area contributed by atoms with Crippen molar-refractivity contribution in [2.24, 2.45) is 7.05 Å². The molecule has 1 saturated heterocycles. The molecule has 1 aromatic rings. The first-order valence-electron chi connectivity index (χ1n) is 6.12. The molecule has 0 bridgehead atoms. The Morgan fingerprint density at radius 3 is 2.61 bits per heavy atom. The average Bonchev–Trinajstić information content (AvgIpc) is 2.72. The third-order valence-corrected chi connectivity index (χ3v) is 4.72. The second-order valence-electron chi connectivity index (χ2n) is 4.76. The van der Waals surface area contributed by atoms with Crippen molar-refractivity contribution in [1.29, 1.82) is 0 Å². The molecule has 1 aliphatic rings. The van der Waals surface area contributed by atoms with E-state index in [9.17, 15) is 8.42 Å². The Labute approximate surface area is 108 Å². The normalized spacial score (nSPS) is 19.2. The van der Waals surface area contributed by atoms with Crippen LogP contribution in [0, 0.1) is 0 Å². The zero-order valence-electron chi connectivity index (χ0n) is 10.8. The molecule has 0 aliphatic carbocycles. The van der Waals surface area contributed by atoms with Crippen LogP contribution in [-0.4, -0.2) is 47.9 Å². The lowest BCUT2D eigenvalue weighted by atomic mass is 10.1. The van der Waals surface area contributed by atoms with Crippen LogP contribution < -0.4 is 5.32 Å². The molecule has 0 radical (unpaired) electrons. The van der Waals surface area contributed by atoms with E-state index in [4.69, 9.17) is 0 Å². The Morgan fingerprint density at radius 2 is 2.11 bits per heavy atom. The predicted molar refractivity (Wildman–Crippen MR) is 69.5 cm³/mol. The second-order valence-corrected chi connectivity index (χ2v) is 6.75. The van der Waals surface area contributed by atoms with Gasteiger partial charge in [-0.05, 0) is 18.9 Å². The van der Waals surface area contributed by atoms with Crippen molar-refractivity contribution < 1.29 is 8.42 Å². The highest BCUT2D eigenvalue weighted by Crippen LogP contribution is 2.13. The maximum Gasteiger partial charge on any atom is 0.211 e. The van der Waals surface area contributed by atoms with Crippen LogP contribution in [0.2, 0.25) is 0 Å². The van der Waals surface area contributed by atoms with E-state index in [0.717, 1.165) is 25.1 Å². The van der Waals surface area contributed by atoms with Gasteiger partial charge in [0.2, 0.25) is 10.0 Å². The largest absolute Gasteiger partial charge is 0.308 e. The van der Waals surface area contributed by atoms with Gasteiger partial charge < -0.3 is 5.32 Å². The predicted octanol–water partition coefficient (Wildman–Crippen LogP) is -0.0663. The molecule has 0 atom stereocenters. The number of aromatic nitrogens is 2. The van der Waals surface area contributed by atoms with E-state index in [0.29, 0.717) is 19.1 Å². The maximum atomic E-state index is 11.4. The third-order valence-electron chi connectivity index (χ3n) is 3.42. The van der Waals surface area contributed by atoms with Crippen LogP contribution >= 0.6 is 0 Å². The summed E-state index contributed by atoms with van der Waals surface area (Å²) in [5.74, 6) is 0. The van der Waals surface area contributed by atoms with Gasteiger partial charge in [-0.2, -0.15) is 5.10 Å². The molecular weight excluding hydrogens is 252 g/mol. The fraction of sp³-hybridized carbons (Fsp3) is 0.727. The molecule has 18 heavy (non-hydrogen) atoms. The lowest BCUT2D eigenvalue weighted by molar-refractivity contribution is 0.288. The Balaban J connectivity index is 1.79. The minimum absolute atomic E-state index is 0.387. The number of sulfonamides is 1. The molecule has 0 saturated carbocycles. The first-order chi connectivity index (χ1) is 8.47. The molecule has 1 N–H and O–H groups in total. The fourth-order valence-corrected chi connectivity index (χ4v) is 3.09. The third kappa shape index (κ3) is 3.30. The topological polar surface area (TPSA) is 67.2 Å². The highest BCUT2D eigenvalue weighted by Gasteiger charge is 2.24. The molecular formula is C11H20N4O2S. The van der Waals surface area contributed by atoms with Crippen molar-refractivity contribution in [2.75, 3.05) is 19.3 Å². The van der Waals surface area contributed by atoms with E-state index in [1.165, 1.54) is 6.26 Å². The summed E-state index contributed by atoms with van der Waals surface area (Å²) in [5, 5.41) is 7.57. The molecule has 102 valence electrons. The van der Waals surface area contributed by atoms with Crippen molar-refractivity contribution in [3.8, 4) is 0 Å². The molecule has 0 spiro atoms. The summed E-state index contributed by atoms with van der Waals surface area (Å²) in [5.41, 5.74) is 1.14. The van der Waals surface area contributed by atoms with E-state index in [-0.39, 0.29) is 0 Å². The summed E-state index contributed by atoms with van der Waals surface area (Å²) in [4.78, 5) is 0. The van der Waals surface area contributed by atoms with Gasteiger partial charge in [-0.3, -0.25) is 4.68 Å². The summed E-state index contributed by atoms with van der Waals surface area (Å²) in [6.07, 6.45) is 4.79. The van der Waals surface area contributed by atoms with Gasteiger partial charge in [0.1, 0.15) is 0 Å². The monoisotopic (exact) mass is 272 g/mol. The van der Waals surface area contributed by atoms with Gasteiger partial charge in [0, 0.05) is 38.9 Å². The van der Waals surface area contributed by atoms with E-state index in [1.54, 1.807) is 10.5 Å². The smallest absolute Gasteiger partial charge is 0.211 e. The van der Waals surface area contributed by atoms with Crippen LogP contribution in [0.3, 0.4) is 0 Å². The highest BCUT2D eigenvalue weighted by atomic mass is 32.2. The lowest BCUT2D eigenvalue weighted by Gasteiger charge is -2.30. The molecule has 2 heterocycles. The van der Waals surface area contributed by atoms with Gasteiger partial charge >= 0.3 is 0 Å². The Kier molecular flexibility index (Phi) is 4.04. The first kappa shape index (κ1) is 13.5. The van der Waals surface area contributed by atoms with Crippen LogP contribution in [0.1, 0.15) is 18.5 Å².